The zero-order valence-corrected chi connectivity index (χ0v) is 14.8. The van der Waals surface area contributed by atoms with E-state index in [-0.39, 0.29) is 16.9 Å². The molecule has 0 fully saturated rings. The fourth-order valence-electron chi connectivity index (χ4n) is 2.25. The molecule has 0 aromatic heterocycles. The van der Waals surface area contributed by atoms with Crippen molar-refractivity contribution in [3.63, 3.8) is 0 Å². The Hall–Kier alpha value is -3.10. The maximum atomic E-state index is 13.0. The lowest BCUT2D eigenvalue weighted by Crippen LogP contribution is -2.40. The van der Waals surface area contributed by atoms with Crippen LogP contribution in [0.3, 0.4) is 0 Å². The molecule has 2 N–H and O–H groups in total. The van der Waals surface area contributed by atoms with Crippen molar-refractivity contribution in [3.05, 3.63) is 63.7 Å². The second-order valence-corrected chi connectivity index (χ2v) is 6.89. The first-order chi connectivity index (χ1) is 12.4. The number of nitrogens with one attached hydrogen (secondary N) is 2. The molecule has 0 aliphatic rings. The molecule has 2 aromatic carbocycles. The molecule has 144 valence electrons. The van der Waals surface area contributed by atoms with Crippen LogP contribution in [0.5, 0.6) is 0 Å². The molecule has 0 aliphatic heterocycles. The molecule has 0 aliphatic carbocycles. The Kier molecular flexibility index (Phi) is 5.43. The van der Waals surface area contributed by atoms with E-state index < -0.39 is 28.1 Å². The summed E-state index contributed by atoms with van der Waals surface area (Å²) in [7, 11) is 0. The molecule has 0 saturated heterocycles. The van der Waals surface area contributed by atoms with Gasteiger partial charge in [0.15, 0.2) is 0 Å². The third-order valence-electron chi connectivity index (χ3n) is 3.44. The summed E-state index contributed by atoms with van der Waals surface area (Å²) in [5, 5.41) is 16.1. The molecule has 9 heteroatoms. The zero-order valence-electron chi connectivity index (χ0n) is 14.8. The summed E-state index contributed by atoms with van der Waals surface area (Å²) in [4.78, 5) is 22.6. The van der Waals surface area contributed by atoms with E-state index in [1.807, 2.05) is 0 Å². The van der Waals surface area contributed by atoms with Crippen LogP contribution in [0.1, 0.15) is 36.7 Å². The fraction of sp³-hybridized carbons (Fsp3) is 0.278. The fourth-order valence-corrected chi connectivity index (χ4v) is 2.25. The number of non-ortho nitro benzene ring substituents is 1. The van der Waals surface area contributed by atoms with Crippen LogP contribution >= 0.6 is 0 Å². The normalized spacial score (nSPS) is 11.8. The highest BCUT2D eigenvalue weighted by Crippen LogP contribution is 2.33. The lowest BCUT2D eigenvalue weighted by Gasteiger charge is -2.22. The number of carbonyl (C=O) groups is 1. The van der Waals surface area contributed by atoms with Crippen molar-refractivity contribution in [3.8, 4) is 0 Å². The molecule has 2 rings (SSSR count). The Morgan fingerprint density at radius 1 is 1.04 bits per heavy atom. The van der Waals surface area contributed by atoms with Crippen molar-refractivity contribution in [2.45, 2.75) is 32.5 Å². The van der Waals surface area contributed by atoms with E-state index >= 15 is 0 Å². The average Bonchev–Trinajstić information content (AvgIpc) is 2.52. The summed E-state index contributed by atoms with van der Waals surface area (Å²) < 4.78 is 39.1. The van der Waals surface area contributed by atoms with Gasteiger partial charge in [-0.25, -0.2) is 0 Å². The van der Waals surface area contributed by atoms with Gasteiger partial charge in [-0.15, -0.1) is 0 Å². The first kappa shape index (κ1) is 20.2. The van der Waals surface area contributed by atoms with Crippen LogP contribution in [-0.4, -0.2) is 16.4 Å². The molecule has 0 radical (unpaired) electrons. The molecule has 0 heterocycles. The highest BCUT2D eigenvalue weighted by molar-refractivity contribution is 6.00. The molecule has 0 unspecified atom stereocenters. The van der Waals surface area contributed by atoms with Crippen LogP contribution in [0.15, 0.2) is 42.5 Å². The SMILES string of the molecule is CC(C)(C)NC(=O)c1ccc(C(F)(F)F)cc1Nc1ccc([N+](=O)[O-])cc1. The maximum Gasteiger partial charge on any atom is 0.416 e. The summed E-state index contributed by atoms with van der Waals surface area (Å²) in [6.07, 6.45) is -4.58. The third kappa shape index (κ3) is 5.44. The van der Waals surface area contributed by atoms with Crippen molar-refractivity contribution in [2.75, 3.05) is 5.32 Å². The van der Waals surface area contributed by atoms with E-state index in [0.717, 1.165) is 18.2 Å². The van der Waals surface area contributed by atoms with Crippen molar-refractivity contribution in [1.82, 2.24) is 5.32 Å². The first-order valence-corrected chi connectivity index (χ1v) is 7.92. The van der Waals surface area contributed by atoms with Crippen molar-refractivity contribution in [1.29, 1.82) is 0 Å². The minimum Gasteiger partial charge on any atom is -0.355 e. The van der Waals surface area contributed by atoms with E-state index in [2.05, 4.69) is 10.6 Å². The van der Waals surface area contributed by atoms with Crippen LogP contribution in [0.4, 0.5) is 30.2 Å². The molecule has 2 aromatic rings. The lowest BCUT2D eigenvalue weighted by molar-refractivity contribution is -0.384. The monoisotopic (exact) mass is 381 g/mol. The van der Waals surface area contributed by atoms with Gasteiger partial charge in [-0.3, -0.25) is 14.9 Å². The maximum absolute atomic E-state index is 13.0. The average molecular weight is 381 g/mol. The molecule has 1 amide bonds. The predicted molar refractivity (Wildman–Crippen MR) is 95.0 cm³/mol. The summed E-state index contributed by atoms with van der Waals surface area (Å²) in [5.41, 5.74) is -1.37. The largest absolute Gasteiger partial charge is 0.416 e. The molecule has 6 nitrogen and oxygen atoms in total. The first-order valence-electron chi connectivity index (χ1n) is 7.92. The molecule has 0 saturated carbocycles. The standard InChI is InChI=1S/C18H18F3N3O3/c1-17(2,3)23-16(25)14-9-4-11(18(19,20)21)10-15(14)22-12-5-7-13(8-6-12)24(26)27/h4-10,22H,1-3H3,(H,23,25). The number of alkyl halides is 3. The predicted octanol–water partition coefficient (Wildman–Crippen LogP) is 4.89. The van der Waals surface area contributed by atoms with E-state index in [0.29, 0.717) is 5.69 Å². The molecule has 27 heavy (non-hydrogen) atoms. The number of nitro benzene ring substituents is 1. The number of anilines is 2. The van der Waals surface area contributed by atoms with Gasteiger partial charge in [0.2, 0.25) is 0 Å². The second-order valence-electron chi connectivity index (χ2n) is 6.89. The molecule has 0 spiro atoms. The smallest absolute Gasteiger partial charge is 0.355 e. The van der Waals surface area contributed by atoms with Crippen LogP contribution in [0, 0.1) is 10.1 Å². The number of carbonyl (C=O) groups excluding carboxylic acids is 1. The van der Waals surface area contributed by atoms with Gasteiger partial charge in [-0.05, 0) is 51.1 Å². The summed E-state index contributed by atoms with van der Waals surface area (Å²) in [6.45, 7) is 5.25. The van der Waals surface area contributed by atoms with Crippen LogP contribution < -0.4 is 10.6 Å². The van der Waals surface area contributed by atoms with Gasteiger partial charge in [0, 0.05) is 23.4 Å². The Bertz CT molecular complexity index is 857. The minimum atomic E-state index is -4.58. The topological polar surface area (TPSA) is 84.3 Å². The zero-order chi connectivity index (χ0) is 20.4. The third-order valence-corrected chi connectivity index (χ3v) is 3.44. The summed E-state index contributed by atoms with van der Waals surface area (Å²) >= 11 is 0. The second kappa shape index (κ2) is 7.26. The van der Waals surface area contributed by atoms with E-state index in [9.17, 15) is 28.1 Å². The molecular weight excluding hydrogens is 363 g/mol. The molecule has 0 atom stereocenters. The van der Waals surface area contributed by atoms with Gasteiger partial charge < -0.3 is 10.6 Å². The van der Waals surface area contributed by atoms with Crippen molar-refractivity contribution < 1.29 is 22.9 Å². The van der Waals surface area contributed by atoms with Crippen LogP contribution in [0.2, 0.25) is 0 Å². The lowest BCUT2D eigenvalue weighted by atomic mass is 10.0. The molecule has 0 bridgehead atoms. The van der Waals surface area contributed by atoms with Crippen molar-refractivity contribution in [2.24, 2.45) is 0 Å². The Morgan fingerprint density at radius 3 is 2.11 bits per heavy atom. The highest BCUT2D eigenvalue weighted by Gasteiger charge is 2.32. The van der Waals surface area contributed by atoms with Crippen LogP contribution in [-0.2, 0) is 6.18 Å². The van der Waals surface area contributed by atoms with E-state index in [4.69, 9.17) is 0 Å². The van der Waals surface area contributed by atoms with Crippen LogP contribution in [0.25, 0.3) is 0 Å². The Balaban J connectivity index is 2.43. The van der Waals surface area contributed by atoms with Gasteiger partial charge in [-0.2, -0.15) is 13.2 Å². The highest BCUT2D eigenvalue weighted by atomic mass is 19.4. The Labute approximate surface area is 153 Å². The summed E-state index contributed by atoms with van der Waals surface area (Å²) in [5.74, 6) is -0.541. The number of rotatable bonds is 4. The molecular formula is C18H18F3N3O3. The number of nitro groups is 1. The van der Waals surface area contributed by atoms with E-state index in [1.165, 1.54) is 24.3 Å². The van der Waals surface area contributed by atoms with Gasteiger partial charge in [-0.1, -0.05) is 0 Å². The number of hydrogen-bond acceptors (Lipinski definition) is 4. The minimum absolute atomic E-state index is 0.0243. The van der Waals surface area contributed by atoms with Crippen molar-refractivity contribution >= 4 is 23.0 Å². The van der Waals surface area contributed by atoms with Gasteiger partial charge in [0.25, 0.3) is 11.6 Å². The Morgan fingerprint density at radius 2 is 1.63 bits per heavy atom. The van der Waals surface area contributed by atoms with Gasteiger partial charge >= 0.3 is 6.18 Å². The van der Waals surface area contributed by atoms with Gasteiger partial charge in [0.1, 0.15) is 0 Å². The summed E-state index contributed by atoms with van der Waals surface area (Å²) in [6, 6.07) is 7.89. The number of halogens is 3. The quantitative estimate of drug-likeness (QED) is 0.584. The number of benzene rings is 2. The van der Waals surface area contributed by atoms with E-state index in [1.54, 1.807) is 20.8 Å². The van der Waals surface area contributed by atoms with Gasteiger partial charge in [0.05, 0.1) is 21.7 Å². The number of amides is 1. The number of hydrogen-bond donors (Lipinski definition) is 2. The number of nitrogens with zero attached hydrogens (tertiary/aromatic N) is 1.